The van der Waals surface area contributed by atoms with E-state index in [1.807, 2.05) is 0 Å². The molecule has 0 spiro atoms. The van der Waals surface area contributed by atoms with E-state index in [4.69, 9.17) is 0 Å². The molecule has 0 aliphatic heterocycles. The number of carbonyl (C=O) groups excluding carboxylic acids is 1. The molecule has 0 saturated carbocycles. The van der Waals surface area contributed by atoms with Crippen LogP contribution in [-0.2, 0) is 6.61 Å². The van der Waals surface area contributed by atoms with Crippen molar-refractivity contribution >= 4 is 49.3 Å². The van der Waals surface area contributed by atoms with Crippen LogP contribution in [0.3, 0.4) is 0 Å². The second-order valence-corrected chi connectivity index (χ2v) is 5.93. The van der Waals surface area contributed by atoms with Crippen LogP contribution in [0.25, 0.3) is 0 Å². The van der Waals surface area contributed by atoms with Gasteiger partial charge in [0.25, 0.3) is 0 Å². The third kappa shape index (κ3) is 4.26. The number of rotatable bonds is 3. The third-order valence-corrected chi connectivity index (χ3v) is 3.85. The smallest absolute Gasteiger partial charge is 0.323 e. The predicted octanol–water partition coefficient (Wildman–Crippen LogP) is 4.49. The highest BCUT2D eigenvalue weighted by Crippen LogP contribution is 2.25. The Morgan fingerprint density at radius 2 is 1.95 bits per heavy atom. The molecule has 0 aromatic heterocycles. The molecule has 4 nitrogen and oxygen atoms in total. The summed E-state index contributed by atoms with van der Waals surface area (Å²) < 4.78 is 14.5. The maximum atomic E-state index is 13.2. The van der Waals surface area contributed by atoms with Gasteiger partial charge in [-0.25, -0.2) is 9.18 Å². The molecule has 2 rings (SSSR count). The Labute approximate surface area is 137 Å². The Morgan fingerprint density at radius 1 is 1.19 bits per heavy atom. The summed E-state index contributed by atoms with van der Waals surface area (Å²) in [5.41, 5.74) is 1.35. The molecule has 0 heterocycles. The van der Waals surface area contributed by atoms with Gasteiger partial charge in [-0.15, -0.1) is 0 Å². The number of hydrogen-bond acceptors (Lipinski definition) is 2. The van der Waals surface area contributed by atoms with Crippen LogP contribution in [0.2, 0.25) is 0 Å². The minimum absolute atomic E-state index is 0.220. The van der Waals surface area contributed by atoms with Gasteiger partial charge in [-0.3, -0.25) is 0 Å². The van der Waals surface area contributed by atoms with Crippen LogP contribution in [0.15, 0.2) is 45.3 Å². The van der Waals surface area contributed by atoms with Crippen molar-refractivity contribution in [1.82, 2.24) is 0 Å². The molecule has 3 N–H and O–H groups in total. The third-order valence-electron chi connectivity index (χ3n) is 2.65. The van der Waals surface area contributed by atoms with Crippen LogP contribution in [0.5, 0.6) is 0 Å². The van der Waals surface area contributed by atoms with Crippen molar-refractivity contribution in [3.05, 3.63) is 56.7 Å². The minimum Gasteiger partial charge on any atom is -0.392 e. The standard InChI is InChI=1S/C14H11Br2FN2O2/c15-8-4-9(17)6-10(5-8)18-14(21)19-13-3-1-2-12(16)11(13)7-20/h1-6,20H,7H2,(H2,18,19,21). The van der Waals surface area contributed by atoms with Gasteiger partial charge in [0.2, 0.25) is 0 Å². The van der Waals surface area contributed by atoms with Gasteiger partial charge < -0.3 is 15.7 Å². The van der Waals surface area contributed by atoms with Gasteiger partial charge in [-0.2, -0.15) is 0 Å². The van der Waals surface area contributed by atoms with E-state index < -0.39 is 11.8 Å². The van der Waals surface area contributed by atoms with Gasteiger partial charge in [0, 0.05) is 25.9 Å². The molecule has 0 bridgehead atoms. The SMILES string of the molecule is O=C(Nc1cc(F)cc(Br)c1)Nc1cccc(Br)c1CO. The van der Waals surface area contributed by atoms with Crippen LogP contribution in [0, 0.1) is 5.82 Å². The molecular weight excluding hydrogens is 407 g/mol. The molecule has 21 heavy (non-hydrogen) atoms. The highest BCUT2D eigenvalue weighted by atomic mass is 79.9. The number of hydrogen-bond donors (Lipinski definition) is 3. The first kappa shape index (κ1) is 15.9. The number of nitrogens with one attached hydrogen (secondary N) is 2. The average molecular weight is 418 g/mol. The maximum Gasteiger partial charge on any atom is 0.323 e. The first-order valence-electron chi connectivity index (χ1n) is 5.92. The van der Waals surface area contributed by atoms with Crippen molar-refractivity contribution in [2.24, 2.45) is 0 Å². The molecule has 0 aliphatic carbocycles. The topological polar surface area (TPSA) is 61.4 Å². The summed E-state index contributed by atoms with van der Waals surface area (Å²) in [6.45, 7) is -0.220. The van der Waals surface area contributed by atoms with Gasteiger partial charge in [0.1, 0.15) is 5.82 Å². The fourth-order valence-electron chi connectivity index (χ4n) is 1.75. The lowest BCUT2D eigenvalue weighted by Crippen LogP contribution is -2.20. The number of amides is 2. The number of benzene rings is 2. The zero-order chi connectivity index (χ0) is 15.4. The Kier molecular flexibility index (Phi) is 5.33. The number of anilines is 2. The predicted molar refractivity (Wildman–Crippen MR) is 86.8 cm³/mol. The zero-order valence-electron chi connectivity index (χ0n) is 10.7. The average Bonchev–Trinajstić information content (AvgIpc) is 2.37. The van der Waals surface area contributed by atoms with E-state index in [1.165, 1.54) is 12.1 Å². The summed E-state index contributed by atoms with van der Waals surface area (Å²) >= 11 is 6.45. The van der Waals surface area contributed by atoms with Crippen molar-refractivity contribution < 1.29 is 14.3 Å². The van der Waals surface area contributed by atoms with Crippen molar-refractivity contribution in [3.8, 4) is 0 Å². The molecule has 2 aromatic carbocycles. The van der Waals surface area contributed by atoms with Crippen molar-refractivity contribution in [2.45, 2.75) is 6.61 Å². The summed E-state index contributed by atoms with van der Waals surface area (Å²) in [4.78, 5) is 11.9. The summed E-state index contributed by atoms with van der Waals surface area (Å²) in [6, 6.07) is 8.71. The maximum absolute atomic E-state index is 13.2. The number of carbonyl (C=O) groups is 1. The molecule has 2 amide bonds. The van der Waals surface area contributed by atoms with Crippen molar-refractivity contribution in [3.63, 3.8) is 0 Å². The largest absolute Gasteiger partial charge is 0.392 e. The van der Waals surface area contributed by atoms with E-state index in [-0.39, 0.29) is 6.61 Å². The van der Waals surface area contributed by atoms with E-state index in [2.05, 4.69) is 42.5 Å². The number of halogens is 3. The lowest BCUT2D eigenvalue weighted by Gasteiger charge is -2.12. The second kappa shape index (κ2) is 7.02. The van der Waals surface area contributed by atoms with E-state index in [9.17, 15) is 14.3 Å². The van der Waals surface area contributed by atoms with E-state index >= 15 is 0 Å². The highest BCUT2D eigenvalue weighted by molar-refractivity contribution is 9.10. The molecule has 0 radical (unpaired) electrons. The number of urea groups is 1. The van der Waals surface area contributed by atoms with Crippen LogP contribution in [0.1, 0.15) is 5.56 Å². The number of aliphatic hydroxyl groups excluding tert-OH is 1. The molecule has 110 valence electrons. The highest BCUT2D eigenvalue weighted by Gasteiger charge is 2.10. The van der Waals surface area contributed by atoms with Crippen molar-refractivity contribution in [2.75, 3.05) is 10.6 Å². The fraction of sp³-hybridized carbons (Fsp3) is 0.0714. The Hall–Kier alpha value is -1.44. The second-order valence-electron chi connectivity index (χ2n) is 4.16. The molecule has 2 aromatic rings. The van der Waals surface area contributed by atoms with Gasteiger partial charge >= 0.3 is 6.03 Å². The lowest BCUT2D eigenvalue weighted by molar-refractivity contribution is 0.262. The Bertz CT molecular complexity index is 660. The van der Waals surface area contributed by atoms with E-state index in [0.717, 1.165) is 0 Å². The first-order valence-corrected chi connectivity index (χ1v) is 7.50. The molecule has 0 atom stereocenters. The number of aliphatic hydroxyl groups is 1. The monoisotopic (exact) mass is 416 g/mol. The summed E-state index contributed by atoms with van der Waals surface area (Å²) in [5.74, 6) is -0.460. The molecule has 0 fully saturated rings. The summed E-state index contributed by atoms with van der Waals surface area (Å²) in [5, 5.41) is 14.5. The Balaban J connectivity index is 2.13. The van der Waals surface area contributed by atoms with Gasteiger partial charge in [-0.05, 0) is 30.3 Å². The quantitative estimate of drug-likeness (QED) is 0.689. The van der Waals surface area contributed by atoms with Crippen LogP contribution in [0.4, 0.5) is 20.6 Å². The minimum atomic E-state index is -0.527. The molecule has 0 unspecified atom stereocenters. The van der Waals surface area contributed by atoms with Gasteiger partial charge in [0.15, 0.2) is 0 Å². The van der Waals surface area contributed by atoms with Gasteiger partial charge in [0.05, 0.1) is 6.61 Å². The normalized spacial score (nSPS) is 10.3. The van der Waals surface area contributed by atoms with E-state index in [1.54, 1.807) is 24.3 Å². The van der Waals surface area contributed by atoms with Crippen LogP contribution < -0.4 is 10.6 Å². The molecule has 0 saturated heterocycles. The zero-order valence-corrected chi connectivity index (χ0v) is 13.8. The lowest BCUT2D eigenvalue weighted by atomic mass is 10.2. The van der Waals surface area contributed by atoms with Gasteiger partial charge in [-0.1, -0.05) is 37.9 Å². The fourth-order valence-corrected chi connectivity index (χ4v) is 2.70. The van der Waals surface area contributed by atoms with Crippen LogP contribution in [-0.4, -0.2) is 11.1 Å². The Morgan fingerprint density at radius 3 is 2.62 bits per heavy atom. The molecule has 0 aliphatic rings. The first-order chi connectivity index (χ1) is 9.99. The summed E-state index contributed by atoms with van der Waals surface area (Å²) in [6.07, 6.45) is 0. The molecular formula is C14H11Br2FN2O2. The molecule has 7 heteroatoms. The summed E-state index contributed by atoms with van der Waals surface area (Å²) in [7, 11) is 0. The van der Waals surface area contributed by atoms with Crippen molar-refractivity contribution in [1.29, 1.82) is 0 Å². The van der Waals surface area contributed by atoms with E-state index in [0.29, 0.717) is 25.9 Å². The van der Waals surface area contributed by atoms with Crippen LogP contribution >= 0.6 is 31.9 Å².